The van der Waals surface area contributed by atoms with Crippen molar-refractivity contribution in [2.75, 3.05) is 26.2 Å². The van der Waals surface area contributed by atoms with Gasteiger partial charge in [-0.3, -0.25) is 0 Å². The Morgan fingerprint density at radius 3 is 3.15 bits per heavy atom. The minimum atomic E-state index is -0.175. The Morgan fingerprint density at radius 2 is 2.38 bits per heavy atom. The van der Waals surface area contributed by atoms with E-state index in [4.69, 9.17) is 0 Å². The van der Waals surface area contributed by atoms with E-state index in [1.807, 2.05) is 6.92 Å². The lowest BCUT2D eigenvalue weighted by Gasteiger charge is -2.35. The number of hydrogen-bond acceptors (Lipinski definition) is 3. The van der Waals surface area contributed by atoms with Gasteiger partial charge in [0.25, 0.3) is 0 Å². The van der Waals surface area contributed by atoms with Gasteiger partial charge in [0.15, 0.2) is 0 Å². The van der Waals surface area contributed by atoms with Crippen molar-refractivity contribution in [2.45, 2.75) is 31.9 Å². The molecule has 0 saturated carbocycles. The Hall–Kier alpha value is -0.120. The Morgan fingerprint density at radius 1 is 1.54 bits per heavy atom. The summed E-state index contributed by atoms with van der Waals surface area (Å²) in [7, 11) is 0. The van der Waals surface area contributed by atoms with Gasteiger partial charge in [0.05, 0.1) is 6.10 Å². The second kappa shape index (κ2) is 3.95. The number of likely N-dealkylation sites (tertiary alicyclic amines) is 1. The van der Waals surface area contributed by atoms with Crippen molar-refractivity contribution in [1.29, 1.82) is 0 Å². The minimum Gasteiger partial charge on any atom is -0.392 e. The number of aliphatic hydroxyl groups excluding tert-OH is 1. The molecule has 3 atom stereocenters. The van der Waals surface area contributed by atoms with Crippen molar-refractivity contribution in [3.05, 3.63) is 0 Å². The number of aliphatic hydroxyl groups is 1. The lowest BCUT2D eigenvalue weighted by Crippen LogP contribution is -2.46. The van der Waals surface area contributed by atoms with Crippen LogP contribution >= 0.6 is 0 Å². The second-order valence-corrected chi connectivity index (χ2v) is 4.51. The summed E-state index contributed by atoms with van der Waals surface area (Å²) in [6.45, 7) is 6.25. The highest BCUT2D eigenvalue weighted by molar-refractivity contribution is 4.90. The Bertz CT molecular complexity index is 172. The van der Waals surface area contributed by atoms with E-state index in [9.17, 15) is 5.11 Å². The highest BCUT2D eigenvalue weighted by Crippen LogP contribution is 2.24. The summed E-state index contributed by atoms with van der Waals surface area (Å²) >= 11 is 0. The molecular formula is C10H20N2O. The van der Waals surface area contributed by atoms with Gasteiger partial charge in [-0.1, -0.05) is 0 Å². The average Bonchev–Trinajstić information content (AvgIpc) is 2.49. The Labute approximate surface area is 80.1 Å². The molecule has 2 aliphatic rings. The van der Waals surface area contributed by atoms with E-state index >= 15 is 0 Å². The van der Waals surface area contributed by atoms with Crippen LogP contribution in [0.1, 0.15) is 19.8 Å². The van der Waals surface area contributed by atoms with Crippen LogP contribution in [0.5, 0.6) is 0 Å². The lowest BCUT2D eigenvalue weighted by molar-refractivity contribution is 0.0904. The highest BCUT2D eigenvalue weighted by Gasteiger charge is 2.32. The van der Waals surface area contributed by atoms with Crippen LogP contribution in [0.15, 0.2) is 0 Å². The lowest BCUT2D eigenvalue weighted by atomic mass is 9.93. The third-order valence-electron chi connectivity index (χ3n) is 3.26. The van der Waals surface area contributed by atoms with E-state index in [1.54, 1.807) is 0 Å². The maximum atomic E-state index is 9.29. The summed E-state index contributed by atoms with van der Waals surface area (Å²) in [5.74, 6) is 0.840. The van der Waals surface area contributed by atoms with Crippen molar-refractivity contribution in [3.63, 3.8) is 0 Å². The first-order chi connectivity index (χ1) is 6.25. The van der Waals surface area contributed by atoms with Crippen molar-refractivity contribution in [3.8, 4) is 0 Å². The van der Waals surface area contributed by atoms with Crippen molar-refractivity contribution in [1.82, 2.24) is 10.2 Å². The SMILES string of the molecule is C[C@H](O)CN1CCC2NCCC2C1. The van der Waals surface area contributed by atoms with Crippen LogP contribution in [-0.4, -0.2) is 48.3 Å². The maximum Gasteiger partial charge on any atom is 0.0639 e. The summed E-state index contributed by atoms with van der Waals surface area (Å²) < 4.78 is 0. The molecule has 2 heterocycles. The smallest absolute Gasteiger partial charge is 0.0639 e. The van der Waals surface area contributed by atoms with Gasteiger partial charge in [0.1, 0.15) is 0 Å². The van der Waals surface area contributed by atoms with Gasteiger partial charge < -0.3 is 15.3 Å². The second-order valence-electron chi connectivity index (χ2n) is 4.51. The van der Waals surface area contributed by atoms with E-state index in [2.05, 4.69) is 10.2 Å². The Balaban J connectivity index is 1.83. The van der Waals surface area contributed by atoms with Crippen molar-refractivity contribution in [2.24, 2.45) is 5.92 Å². The summed E-state index contributed by atoms with van der Waals surface area (Å²) in [5, 5.41) is 12.8. The van der Waals surface area contributed by atoms with E-state index < -0.39 is 0 Å². The van der Waals surface area contributed by atoms with Crippen LogP contribution in [0.25, 0.3) is 0 Å². The average molecular weight is 184 g/mol. The maximum absolute atomic E-state index is 9.29. The van der Waals surface area contributed by atoms with E-state index in [0.717, 1.165) is 25.0 Å². The number of fused-ring (bicyclic) bond motifs is 1. The fourth-order valence-electron chi connectivity index (χ4n) is 2.66. The molecule has 0 radical (unpaired) electrons. The highest BCUT2D eigenvalue weighted by atomic mass is 16.3. The number of nitrogens with one attached hydrogen (secondary N) is 1. The first-order valence-electron chi connectivity index (χ1n) is 5.39. The van der Waals surface area contributed by atoms with E-state index in [0.29, 0.717) is 0 Å². The molecule has 76 valence electrons. The summed E-state index contributed by atoms with van der Waals surface area (Å²) in [4.78, 5) is 2.40. The molecular weight excluding hydrogens is 164 g/mol. The van der Waals surface area contributed by atoms with Gasteiger partial charge in [-0.2, -0.15) is 0 Å². The van der Waals surface area contributed by atoms with Crippen LogP contribution in [0, 0.1) is 5.92 Å². The number of nitrogens with zero attached hydrogens (tertiary/aromatic N) is 1. The molecule has 2 fully saturated rings. The first kappa shape index (κ1) is 9.44. The van der Waals surface area contributed by atoms with Gasteiger partial charge in [-0.15, -0.1) is 0 Å². The summed E-state index contributed by atoms with van der Waals surface area (Å²) in [5.41, 5.74) is 0. The molecule has 2 saturated heterocycles. The van der Waals surface area contributed by atoms with Crippen LogP contribution in [-0.2, 0) is 0 Å². The van der Waals surface area contributed by atoms with Gasteiger partial charge in [0, 0.05) is 19.1 Å². The molecule has 0 aromatic rings. The van der Waals surface area contributed by atoms with E-state index in [-0.39, 0.29) is 6.10 Å². The third kappa shape index (κ3) is 2.22. The molecule has 0 aromatic carbocycles. The monoisotopic (exact) mass is 184 g/mol. The molecule has 0 spiro atoms. The molecule has 2 N–H and O–H groups in total. The zero-order chi connectivity index (χ0) is 9.26. The number of β-amino-alcohol motifs (C(OH)–C–C–N with tert-alkyl or cyclic N) is 1. The molecule has 0 aromatic heterocycles. The standard InChI is InChI=1S/C10H20N2O/c1-8(13)6-12-5-3-10-9(7-12)2-4-11-10/h8-11,13H,2-7H2,1H3/t8-,9?,10?/m0/s1. The van der Waals surface area contributed by atoms with Crippen LogP contribution in [0.4, 0.5) is 0 Å². The fraction of sp³-hybridized carbons (Fsp3) is 1.00. The quantitative estimate of drug-likeness (QED) is 0.636. The van der Waals surface area contributed by atoms with Crippen LogP contribution < -0.4 is 5.32 Å². The van der Waals surface area contributed by atoms with Crippen molar-refractivity contribution >= 4 is 0 Å². The summed E-state index contributed by atoms with van der Waals surface area (Å²) in [6, 6.07) is 0.769. The molecule has 3 heteroatoms. The zero-order valence-corrected chi connectivity index (χ0v) is 8.37. The first-order valence-corrected chi connectivity index (χ1v) is 5.39. The minimum absolute atomic E-state index is 0.175. The molecule has 0 amide bonds. The van der Waals surface area contributed by atoms with Gasteiger partial charge in [0.2, 0.25) is 0 Å². The number of hydrogen-bond donors (Lipinski definition) is 2. The van der Waals surface area contributed by atoms with Gasteiger partial charge in [-0.25, -0.2) is 0 Å². The number of piperidine rings is 1. The molecule has 2 aliphatic heterocycles. The normalized spacial score (nSPS) is 37.4. The third-order valence-corrected chi connectivity index (χ3v) is 3.26. The van der Waals surface area contributed by atoms with Crippen LogP contribution in [0.3, 0.4) is 0 Å². The molecule has 0 aliphatic carbocycles. The number of rotatable bonds is 2. The fourth-order valence-corrected chi connectivity index (χ4v) is 2.66. The topological polar surface area (TPSA) is 35.5 Å². The molecule has 2 rings (SSSR count). The van der Waals surface area contributed by atoms with Gasteiger partial charge in [-0.05, 0) is 38.8 Å². The molecule has 3 nitrogen and oxygen atoms in total. The largest absolute Gasteiger partial charge is 0.392 e. The van der Waals surface area contributed by atoms with E-state index in [1.165, 1.54) is 25.9 Å². The molecule has 13 heavy (non-hydrogen) atoms. The summed E-state index contributed by atoms with van der Waals surface area (Å²) in [6.07, 6.45) is 2.41. The molecule has 2 unspecified atom stereocenters. The molecule has 0 bridgehead atoms. The predicted octanol–water partition coefficient (Wildman–Crippen LogP) is 0.0510. The van der Waals surface area contributed by atoms with Crippen molar-refractivity contribution < 1.29 is 5.11 Å². The predicted molar refractivity (Wildman–Crippen MR) is 52.6 cm³/mol. The van der Waals surface area contributed by atoms with Crippen LogP contribution in [0.2, 0.25) is 0 Å². The zero-order valence-electron chi connectivity index (χ0n) is 8.37. The van der Waals surface area contributed by atoms with Gasteiger partial charge >= 0.3 is 0 Å². The Kier molecular flexibility index (Phi) is 2.86.